The Balaban J connectivity index is 1.05. The number of rotatable bonds is 6. The van der Waals surface area contributed by atoms with Crippen LogP contribution in [0, 0.1) is 6.92 Å². The SMILES string of the molecule is Cc1ccc(C2=CCC(c3nc4cc5c(cc4n3-c3ccccc3)C(C)(C)c3cc4c(cc3-5)nc(-c3ccc(C5=CCC(C)O5)cc3)n4-c3ccccc3)C=C2)o1. The minimum absolute atomic E-state index is 0.118. The van der Waals surface area contributed by atoms with Gasteiger partial charge in [0.1, 0.15) is 28.9 Å². The molecule has 57 heavy (non-hydrogen) atoms. The summed E-state index contributed by atoms with van der Waals surface area (Å²) in [5.41, 5.74) is 14.4. The molecule has 0 saturated heterocycles. The predicted molar refractivity (Wildman–Crippen MR) is 230 cm³/mol. The number of furan rings is 1. The monoisotopic (exact) mass is 742 g/mol. The number of imidazole rings is 2. The molecule has 3 aromatic heterocycles. The number of benzene rings is 5. The predicted octanol–water partition coefficient (Wildman–Crippen LogP) is 12.5. The molecule has 0 fully saturated rings. The summed E-state index contributed by atoms with van der Waals surface area (Å²) in [7, 11) is 0. The Morgan fingerprint density at radius 1 is 0.667 bits per heavy atom. The van der Waals surface area contributed by atoms with Crippen LogP contribution < -0.4 is 0 Å². The van der Waals surface area contributed by atoms with Crippen LogP contribution in [0.25, 0.3) is 67.3 Å². The van der Waals surface area contributed by atoms with E-state index < -0.39 is 0 Å². The van der Waals surface area contributed by atoms with Crippen LogP contribution in [0.5, 0.6) is 0 Å². The Morgan fingerprint density at radius 3 is 1.89 bits per heavy atom. The van der Waals surface area contributed by atoms with Crippen molar-refractivity contribution < 1.29 is 9.15 Å². The number of nitrogens with zero attached hydrogens (tertiary/aromatic N) is 4. The average molecular weight is 743 g/mol. The van der Waals surface area contributed by atoms with Crippen LogP contribution in [0.15, 0.2) is 150 Å². The summed E-state index contributed by atoms with van der Waals surface area (Å²) in [5, 5.41) is 0. The molecule has 11 rings (SSSR count). The zero-order valence-electron chi connectivity index (χ0n) is 32.5. The summed E-state index contributed by atoms with van der Waals surface area (Å²) >= 11 is 0. The zero-order chi connectivity index (χ0) is 38.4. The van der Waals surface area contributed by atoms with E-state index in [1.54, 1.807) is 0 Å². The first-order valence-corrected chi connectivity index (χ1v) is 20.0. The lowest BCUT2D eigenvalue weighted by molar-refractivity contribution is 0.210. The maximum atomic E-state index is 6.06. The maximum Gasteiger partial charge on any atom is 0.145 e. The number of aryl methyl sites for hydroxylation is 1. The van der Waals surface area contributed by atoms with Gasteiger partial charge in [-0.05, 0) is 109 Å². The van der Waals surface area contributed by atoms with E-state index in [-0.39, 0.29) is 17.4 Å². The molecule has 5 aromatic carbocycles. The van der Waals surface area contributed by atoms with Crippen LogP contribution in [0.3, 0.4) is 0 Å². The van der Waals surface area contributed by atoms with Crippen molar-refractivity contribution in [3.63, 3.8) is 0 Å². The van der Waals surface area contributed by atoms with Crippen LogP contribution in [-0.4, -0.2) is 25.2 Å². The van der Waals surface area contributed by atoms with Gasteiger partial charge in [0.25, 0.3) is 0 Å². The third kappa shape index (κ3) is 5.38. The van der Waals surface area contributed by atoms with E-state index >= 15 is 0 Å². The summed E-state index contributed by atoms with van der Waals surface area (Å²) in [6.45, 7) is 8.81. The lowest BCUT2D eigenvalue weighted by atomic mass is 9.82. The lowest BCUT2D eigenvalue weighted by Gasteiger charge is -2.22. The fourth-order valence-electron chi connectivity index (χ4n) is 9.16. The quantitative estimate of drug-likeness (QED) is 0.170. The number of para-hydroxylation sites is 2. The van der Waals surface area contributed by atoms with Crippen molar-refractivity contribution in [1.82, 2.24) is 19.1 Å². The smallest absolute Gasteiger partial charge is 0.145 e. The van der Waals surface area contributed by atoms with Gasteiger partial charge in [-0.15, -0.1) is 0 Å². The number of ether oxygens (including phenoxy) is 1. The third-order valence-electron chi connectivity index (χ3n) is 12.1. The Labute approximate surface area is 332 Å². The highest BCUT2D eigenvalue weighted by Gasteiger charge is 2.38. The fraction of sp³-hybridized carbons (Fsp3) is 0.176. The maximum absolute atomic E-state index is 6.06. The minimum atomic E-state index is -0.262. The first-order chi connectivity index (χ1) is 27.8. The van der Waals surface area contributed by atoms with Gasteiger partial charge < -0.3 is 9.15 Å². The second-order valence-corrected chi connectivity index (χ2v) is 16.2. The number of fused-ring (bicyclic) bond motifs is 5. The molecule has 8 aromatic rings. The summed E-state index contributed by atoms with van der Waals surface area (Å²) in [5.74, 6) is 4.86. The van der Waals surface area contributed by atoms with Gasteiger partial charge in [0.05, 0.1) is 28.2 Å². The Kier molecular flexibility index (Phi) is 7.49. The van der Waals surface area contributed by atoms with Gasteiger partial charge in [-0.25, -0.2) is 9.97 Å². The van der Waals surface area contributed by atoms with Crippen LogP contribution in [0.1, 0.15) is 73.6 Å². The van der Waals surface area contributed by atoms with Crippen LogP contribution >= 0.6 is 0 Å². The molecular formula is C51H42N4O2. The molecule has 4 heterocycles. The molecule has 6 nitrogen and oxygen atoms in total. The molecule has 3 aliphatic rings. The van der Waals surface area contributed by atoms with E-state index in [1.807, 2.05) is 13.0 Å². The van der Waals surface area contributed by atoms with Gasteiger partial charge in [-0.1, -0.05) is 92.7 Å². The summed E-state index contributed by atoms with van der Waals surface area (Å²) in [4.78, 5) is 10.8. The minimum Gasteiger partial charge on any atom is -0.490 e. The molecule has 2 aliphatic carbocycles. The van der Waals surface area contributed by atoms with Gasteiger partial charge in [-0.3, -0.25) is 9.13 Å². The van der Waals surface area contributed by atoms with E-state index in [0.717, 1.165) is 91.9 Å². The number of aromatic nitrogens is 4. The van der Waals surface area contributed by atoms with E-state index in [1.165, 1.54) is 22.3 Å². The molecule has 0 saturated carbocycles. The van der Waals surface area contributed by atoms with Crippen molar-refractivity contribution in [3.8, 4) is 33.9 Å². The molecule has 2 atom stereocenters. The molecule has 0 bridgehead atoms. The van der Waals surface area contributed by atoms with Crippen LogP contribution in [0.4, 0.5) is 0 Å². The second-order valence-electron chi connectivity index (χ2n) is 16.2. The highest BCUT2D eigenvalue weighted by molar-refractivity contribution is 5.97. The average Bonchev–Trinajstić information content (AvgIpc) is 4.07. The molecule has 0 spiro atoms. The standard InChI is InChI=1S/C51H42N4O2/c1-31-15-25-47(56-31)33-17-21-35(22-18-33)49-52-43-27-39-40-28-44-46(30-42(40)51(3,4)41(39)29-45(43)54(49)37-11-7-5-8-12-37)55(38-13-9-6-10-14-38)50(53-44)36-23-19-34(20-24-36)48-26-16-32(2)57-48/h5-15,17-21,23-30,32,35H,16,22H2,1-4H3. The van der Waals surface area contributed by atoms with Gasteiger partial charge in [-0.2, -0.15) is 0 Å². The molecule has 278 valence electrons. The molecular weight excluding hydrogens is 701 g/mol. The highest BCUT2D eigenvalue weighted by atomic mass is 16.5. The van der Waals surface area contributed by atoms with Crippen molar-refractivity contribution in [2.75, 3.05) is 0 Å². The molecule has 2 unspecified atom stereocenters. The fourth-order valence-corrected chi connectivity index (χ4v) is 9.16. The Morgan fingerprint density at radius 2 is 1.30 bits per heavy atom. The molecule has 0 amide bonds. The van der Waals surface area contributed by atoms with Gasteiger partial charge in [0, 0.05) is 45.8 Å². The van der Waals surface area contributed by atoms with E-state index in [4.69, 9.17) is 19.1 Å². The van der Waals surface area contributed by atoms with Crippen molar-refractivity contribution >= 4 is 33.4 Å². The van der Waals surface area contributed by atoms with E-state index in [0.29, 0.717) is 0 Å². The molecule has 0 radical (unpaired) electrons. The van der Waals surface area contributed by atoms with Crippen molar-refractivity contribution in [1.29, 1.82) is 0 Å². The zero-order valence-corrected chi connectivity index (χ0v) is 32.5. The first-order valence-electron chi connectivity index (χ1n) is 20.0. The second kappa shape index (κ2) is 12.7. The van der Waals surface area contributed by atoms with Gasteiger partial charge in [0.2, 0.25) is 0 Å². The van der Waals surface area contributed by atoms with Crippen molar-refractivity contribution in [2.45, 2.75) is 58.0 Å². The van der Waals surface area contributed by atoms with Crippen molar-refractivity contribution in [2.24, 2.45) is 0 Å². The number of allylic oxidation sites excluding steroid dienone is 4. The topological polar surface area (TPSA) is 58.0 Å². The molecule has 1 aliphatic heterocycles. The van der Waals surface area contributed by atoms with Gasteiger partial charge >= 0.3 is 0 Å². The number of hydrogen-bond donors (Lipinski definition) is 0. The first kappa shape index (κ1) is 33.7. The summed E-state index contributed by atoms with van der Waals surface area (Å²) in [6, 6.07) is 43.4. The summed E-state index contributed by atoms with van der Waals surface area (Å²) < 4.78 is 16.7. The van der Waals surface area contributed by atoms with E-state index in [9.17, 15) is 0 Å². The lowest BCUT2D eigenvalue weighted by Crippen LogP contribution is -2.15. The van der Waals surface area contributed by atoms with E-state index in [2.05, 4.69) is 169 Å². The molecule has 6 heteroatoms. The third-order valence-corrected chi connectivity index (χ3v) is 12.1. The number of hydrogen-bond acceptors (Lipinski definition) is 4. The highest BCUT2D eigenvalue weighted by Crippen LogP contribution is 2.52. The van der Waals surface area contributed by atoms with Crippen LogP contribution in [-0.2, 0) is 10.2 Å². The largest absolute Gasteiger partial charge is 0.490 e. The molecule has 0 N–H and O–H groups in total. The Hall–Kier alpha value is -6.66. The summed E-state index contributed by atoms with van der Waals surface area (Å²) in [6.07, 6.45) is 10.9. The van der Waals surface area contributed by atoms with Crippen LogP contribution in [0.2, 0.25) is 0 Å². The normalized spacial score (nSPS) is 18.1. The van der Waals surface area contributed by atoms with Crippen molar-refractivity contribution in [3.05, 3.63) is 180 Å². The Bertz CT molecular complexity index is 2970. The van der Waals surface area contributed by atoms with Gasteiger partial charge in [0.15, 0.2) is 0 Å².